The third kappa shape index (κ3) is 2.70. The molecule has 0 saturated carbocycles. The molecule has 1 heterocycles. The van der Waals surface area contributed by atoms with E-state index >= 15 is 0 Å². The number of hydrogen-bond donors (Lipinski definition) is 0. The molecule has 8 rings (SSSR count). The second kappa shape index (κ2) is 6.94. The van der Waals surface area contributed by atoms with Crippen LogP contribution in [0, 0.1) is 0 Å². The summed E-state index contributed by atoms with van der Waals surface area (Å²) in [4.78, 5) is 0. The summed E-state index contributed by atoms with van der Waals surface area (Å²) in [6, 6.07) is 14.5. The minimum absolute atomic E-state index is 0.0225. The van der Waals surface area contributed by atoms with Crippen LogP contribution >= 0.6 is 0 Å². The molecular formula is C34H20O. The van der Waals surface area contributed by atoms with Crippen molar-refractivity contribution in [2.24, 2.45) is 0 Å². The monoisotopic (exact) mass is 454 g/mol. The molecule has 0 fully saturated rings. The molecule has 0 aliphatic heterocycles. The summed E-state index contributed by atoms with van der Waals surface area (Å²) in [5, 5.41) is 2.88. The summed E-state index contributed by atoms with van der Waals surface area (Å²) in [5.41, 5.74) is 1.71. The standard InChI is InChI=1S/C34H20O/c1-2-8-24-19-31-25(18-23(24)7-1)14-12-22-13-15-26(20-30(22)31)27-10-5-11-32-33(27)29-17-16-21-6-3-4-9-28(21)34(29)35-32/h1-20H/i1D,2D,7D,12D,13D,14D,15D,18D,19D,20D. The molecule has 0 bridgehead atoms. The lowest BCUT2D eigenvalue weighted by Gasteiger charge is -2.10. The maximum atomic E-state index is 9.50. The molecule has 0 aliphatic rings. The van der Waals surface area contributed by atoms with Crippen molar-refractivity contribution in [3.05, 3.63) is 121 Å². The van der Waals surface area contributed by atoms with Crippen LogP contribution in [0.4, 0.5) is 0 Å². The zero-order valence-corrected chi connectivity index (χ0v) is 18.2. The molecular weight excluding hydrogens is 424 g/mol. The Kier molecular flexibility index (Phi) is 2.32. The van der Waals surface area contributed by atoms with E-state index in [9.17, 15) is 1.37 Å². The molecule has 1 nitrogen and oxygen atoms in total. The summed E-state index contributed by atoms with van der Waals surface area (Å²) >= 11 is 0. The van der Waals surface area contributed by atoms with Gasteiger partial charge in [0.15, 0.2) is 0 Å². The number of rotatable bonds is 1. The third-order valence-corrected chi connectivity index (χ3v) is 6.54. The van der Waals surface area contributed by atoms with Gasteiger partial charge < -0.3 is 4.42 Å². The smallest absolute Gasteiger partial charge is 0.143 e. The molecule has 0 saturated heterocycles. The van der Waals surface area contributed by atoms with Crippen LogP contribution in [0.15, 0.2) is 126 Å². The Labute approximate surface area is 215 Å². The van der Waals surface area contributed by atoms with Gasteiger partial charge in [-0.3, -0.25) is 0 Å². The first kappa shape index (κ1) is 11.7. The predicted octanol–water partition coefficient (Wildman–Crippen LogP) is 9.87. The summed E-state index contributed by atoms with van der Waals surface area (Å²) in [5.74, 6) is 0. The van der Waals surface area contributed by atoms with Crippen LogP contribution in [0.1, 0.15) is 13.7 Å². The number of hydrogen-bond acceptors (Lipinski definition) is 1. The number of benzene rings is 7. The topological polar surface area (TPSA) is 13.1 Å². The van der Waals surface area contributed by atoms with E-state index in [1.54, 1.807) is 18.2 Å². The van der Waals surface area contributed by atoms with Crippen molar-refractivity contribution in [2.75, 3.05) is 0 Å². The summed E-state index contributed by atoms with van der Waals surface area (Å²) in [7, 11) is 0. The van der Waals surface area contributed by atoms with Crippen LogP contribution in [-0.4, -0.2) is 0 Å². The lowest BCUT2D eigenvalue weighted by molar-refractivity contribution is 0.673. The predicted molar refractivity (Wildman–Crippen MR) is 149 cm³/mol. The maximum Gasteiger partial charge on any atom is 0.143 e. The second-order valence-electron chi connectivity index (χ2n) is 8.52. The van der Waals surface area contributed by atoms with Crippen LogP contribution in [0.5, 0.6) is 0 Å². The van der Waals surface area contributed by atoms with Gasteiger partial charge in [0.1, 0.15) is 11.2 Å². The highest BCUT2D eigenvalue weighted by molar-refractivity contribution is 6.20. The van der Waals surface area contributed by atoms with Crippen LogP contribution < -0.4 is 0 Å². The van der Waals surface area contributed by atoms with Gasteiger partial charge >= 0.3 is 0 Å². The molecule has 162 valence electrons. The number of fused-ring (bicyclic) bond motifs is 9. The van der Waals surface area contributed by atoms with Crippen molar-refractivity contribution in [1.29, 1.82) is 0 Å². The van der Waals surface area contributed by atoms with Crippen molar-refractivity contribution in [3.63, 3.8) is 0 Å². The van der Waals surface area contributed by atoms with Gasteiger partial charge in [-0.15, -0.1) is 0 Å². The zero-order valence-electron chi connectivity index (χ0n) is 28.2. The molecule has 35 heavy (non-hydrogen) atoms. The summed E-state index contributed by atoms with van der Waals surface area (Å²) in [6.45, 7) is 0. The first-order valence-corrected chi connectivity index (χ1v) is 11.2. The minimum atomic E-state index is -0.464. The highest BCUT2D eigenvalue weighted by Gasteiger charge is 2.15. The lowest BCUT2D eigenvalue weighted by atomic mass is 9.93. The third-order valence-electron chi connectivity index (χ3n) is 6.54. The average molecular weight is 455 g/mol. The van der Waals surface area contributed by atoms with Crippen molar-refractivity contribution in [2.45, 2.75) is 0 Å². The first-order chi connectivity index (χ1) is 21.5. The molecule has 0 radical (unpaired) electrons. The summed E-state index contributed by atoms with van der Waals surface area (Å²) < 4.78 is 94.4. The van der Waals surface area contributed by atoms with E-state index in [2.05, 4.69) is 0 Å². The molecule has 0 spiro atoms. The van der Waals surface area contributed by atoms with Gasteiger partial charge in [0.2, 0.25) is 0 Å². The fourth-order valence-electron chi connectivity index (χ4n) is 4.92. The van der Waals surface area contributed by atoms with E-state index in [-0.39, 0.29) is 74.1 Å². The molecule has 1 aromatic heterocycles. The largest absolute Gasteiger partial charge is 0.455 e. The summed E-state index contributed by atoms with van der Waals surface area (Å²) in [6.07, 6.45) is 0. The fraction of sp³-hybridized carbons (Fsp3) is 0. The van der Waals surface area contributed by atoms with Crippen LogP contribution in [0.3, 0.4) is 0 Å². The Balaban J connectivity index is 1.60. The molecule has 8 aromatic rings. The van der Waals surface area contributed by atoms with Gasteiger partial charge in [-0.2, -0.15) is 0 Å². The minimum Gasteiger partial charge on any atom is -0.455 e. The molecule has 1 heteroatoms. The van der Waals surface area contributed by atoms with E-state index < -0.39 is 24.2 Å². The average Bonchev–Trinajstić information content (AvgIpc) is 3.42. The van der Waals surface area contributed by atoms with Gasteiger partial charge in [-0.1, -0.05) is 90.8 Å². The maximum absolute atomic E-state index is 9.50. The van der Waals surface area contributed by atoms with Crippen molar-refractivity contribution in [3.8, 4) is 11.1 Å². The van der Waals surface area contributed by atoms with Crippen LogP contribution in [0.2, 0.25) is 0 Å². The van der Waals surface area contributed by atoms with Gasteiger partial charge in [-0.05, 0) is 79.1 Å². The Bertz CT molecular complexity index is 2660. The van der Waals surface area contributed by atoms with E-state index in [0.717, 1.165) is 16.2 Å². The Morgan fingerprint density at radius 3 is 2.40 bits per heavy atom. The highest BCUT2D eigenvalue weighted by atomic mass is 16.3. The molecule has 0 N–H and O–H groups in total. The van der Waals surface area contributed by atoms with E-state index in [0.29, 0.717) is 22.1 Å². The van der Waals surface area contributed by atoms with Crippen molar-refractivity contribution in [1.82, 2.24) is 0 Å². The molecule has 0 amide bonds. The Morgan fingerprint density at radius 1 is 0.514 bits per heavy atom. The molecule has 0 atom stereocenters. The van der Waals surface area contributed by atoms with Gasteiger partial charge in [0.05, 0.1) is 13.7 Å². The zero-order chi connectivity index (χ0) is 31.6. The highest BCUT2D eigenvalue weighted by Crippen LogP contribution is 2.40. The molecule has 7 aromatic carbocycles. The Morgan fingerprint density at radius 2 is 1.40 bits per heavy atom. The van der Waals surface area contributed by atoms with E-state index in [1.807, 2.05) is 36.4 Å². The van der Waals surface area contributed by atoms with Crippen LogP contribution in [0.25, 0.3) is 76.2 Å². The second-order valence-corrected chi connectivity index (χ2v) is 8.52. The van der Waals surface area contributed by atoms with E-state index in [4.69, 9.17) is 16.8 Å². The SMILES string of the molecule is [2H]c1cc2c([2H])c3c(c([2H])c([2H])c4c([2H])c([2H])c(-c5cccc6oc7c8ccccc8ccc7c56)c([2H])c43)c([2H])c2c([2H])c1[2H]. The molecule has 0 unspecified atom stereocenters. The Hall–Kier alpha value is -4.62. The lowest BCUT2D eigenvalue weighted by Crippen LogP contribution is -1.83. The van der Waals surface area contributed by atoms with Crippen LogP contribution in [-0.2, 0) is 0 Å². The number of furan rings is 1. The fourth-order valence-corrected chi connectivity index (χ4v) is 4.92. The van der Waals surface area contributed by atoms with Crippen molar-refractivity contribution < 1.29 is 18.1 Å². The van der Waals surface area contributed by atoms with Gasteiger partial charge in [0, 0.05) is 16.2 Å². The first-order valence-electron chi connectivity index (χ1n) is 16.2. The van der Waals surface area contributed by atoms with Gasteiger partial charge in [-0.25, -0.2) is 0 Å². The van der Waals surface area contributed by atoms with Gasteiger partial charge in [0.25, 0.3) is 0 Å². The molecule has 0 aliphatic carbocycles. The van der Waals surface area contributed by atoms with E-state index in [1.165, 1.54) is 6.07 Å². The van der Waals surface area contributed by atoms with Crippen molar-refractivity contribution >= 4 is 65.0 Å². The normalized spacial score (nSPS) is 16.0. The quantitative estimate of drug-likeness (QED) is 0.178.